The van der Waals surface area contributed by atoms with E-state index in [0.29, 0.717) is 12.5 Å². The predicted molar refractivity (Wildman–Crippen MR) is 49.7 cm³/mol. The van der Waals surface area contributed by atoms with E-state index in [-0.39, 0.29) is 18.4 Å². The van der Waals surface area contributed by atoms with Crippen LogP contribution in [0.5, 0.6) is 0 Å². The molecule has 1 amide bonds. The molecule has 0 spiro atoms. The van der Waals surface area contributed by atoms with Gasteiger partial charge in [0.15, 0.2) is 0 Å². The van der Waals surface area contributed by atoms with Gasteiger partial charge >= 0.3 is 5.97 Å². The zero-order valence-corrected chi connectivity index (χ0v) is 8.11. The molecular formula is C10H15NO3. The molecule has 0 aromatic rings. The maximum absolute atomic E-state index is 11.7. The topological polar surface area (TPSA) is 57.6 Å². The highest BCUT2D eigenvalue weighted by atomic mass is 16.4. The Morgan fingerprint density at radius 3 is 2.29 bits per heavy atom. The van der Waals surface area contributed by atoms with Gasteiger partial charge in [-0.2, -0.15) is 0 Å². The first-order valence-corrected chi connectivity index (χ1v) is 5.17. The summed E-state index contributed by atoms with van der Waals surface area (Å²) in [5, 5.41) is 8.67. The van der Waals surface area contributed by atoms with Crippen LogP contribution < -0.4 is 0 Å². The molecule has 0 atom stereocenters. The summed E-state index contributed by atoms with van der Waals surface area (Å²) >= 11 is 0. The van der Waals surface area contributed by atoms with Crippen LogP contribution in [0.3, 0.4) is 0 Å². The van der Waals surface area contributed by atoms with Crippen molar-refractivity contribution in [3.63, 3.8) is 0 Å². The number of hydrogen-bond acceptors (Lipinski definition) is 2. The van der Waals surface area contributed by atoms with Gasteiger partial charge in [0.2, 0.25) is 5.91 Å². The Morgan fingerprint density at radius 1 is 1.21 bits per heavy atom. The molecule has 2 saturated carbocycles. The lowest BCUT2D eigenvalue weighted by molar-refractivity contribution is -0.145. The van der Waals surface area contributed by atoms with E-state index in [1.54, 1.807) is 0 Å². The van der Waals surface area contributed by atoms with Crippen LogP contribution in [0.1, 0.15) is 25.7 Å². The van der Waals surface area contributed by atoms with Crippen LogP contribution in [-0.4, -0.2) is 35.0 Å². The van der Waals surface area contributed by atoms with Gasteiger partial charge in [0.05, 0.1) is 0 Å². The quantitative estimate of drug-likeness (QED) is 0.706. The first kappa shape index (κ1) is 9.49. The van der Waals surface area contributed by atoms with Crippen LogP contribution in [-0.2, 0) is 9.59 Å². The van der Waals surface area contributed by atoms with Gasteiger partial charge in [-0.05, 0) is 31.6 Å². The second-order valence-electron chi connectivity index (χ2n) is 4.33. The minimum absolute atomic E-state index is 0.0549. The zero-order valence-electron chi connectivity index (χ0n) is 8.11. The lowest BCUT2D eigenvalue weighted by Gasteiger charge is -2.20. The van der Waals surface area contributed by atoms with Crippen LogP contribution in [0.25, 0.3) is 0 Å². The molecule has 0 aliphatic heterocycles. The number of carbonyl (C=O) groups excluding carboxylic acids is 1. The van der Waals surface area contributed by atoms with Crippen molar-refractivity contribution < 1.29 is 14.7 Å². The van der Waals surface area contributed by atoms with E-state index in [1.165, 1.54) is 4.90 Å². The van der Waals surface area contributed by atoms with Gasteiger partial charge < -0.3 is 10.0 Å². The van der Waals surface area contributed by atoms with E-state index < -0.39 is 5.97 Å². The summed E-state index contributed by atoms with van der Waals surface area (Å²) in [5.74, 6) is -0.149. The van der Waals surface area contributed by atoms with Crippen molar-refractivity contribution in [2.75, 3.05) is 13.1 Å². The Morgan fingerprint density at radius 2 is 1.86 bits per heavy atom. The molecule has 14 heavy (non-hydrogen) atoms. The average molecular weight is 197 g/mol. The van der Waals surface area contributed by atoms with E-state index in [0.717, 1.165) is 25.7 Å². The fraction of sp³-hybridized carbons (Fsp3) is 0.800. The minimum Gasteiger partial charge on any atom is -0.480 e. The summed E-state index contributed by atoms with van der Waals surface area (Å²) in [6.45, 7) is 0.535. The highest BCUT2D eigenvalue weighted by molar-refractivity contribution is 5.84. The Labute approximate surface area is 82.9 Å². The van der Waals surface area contributed by atoms with Crippen molar-refractivity contribution in [2.45, 2.75) is 25.7 Å². The number of nitrogens with zero attached hydrogens (tertiary/aromatic N) is 1. The molecule has 1 N–H and O–H groups in total. The van der Waals surface area contributed by atoms with E-state index in [4.69, 9.17) is 5.11 Å². The van der Waals surface area contributed by atoms with Gasteiger partial charge in [0, 0.05) is 12.5 Å². The van der Waals surface area contributed by atoms with Gasteiger partial charge in [-0.15, -0.1) is 0 Å². The van der Waals surface area contributed by atoms with E-state index in [1.807, 2.05) is 0 Å². The third-order valence-corrected chi connectivity index (χ3v) is 2.74. The lowest BCUT2D eigenvalue weighted by atomic mass is 10.3. The smallest absolute Gasteiger partial charge is 0.323 e. The third kappa shape index (κ3) is 2.47. The summed E-state index contributed by atoms with van der Waals surface area (Å²) in [7, 11) is 0. The van der Waals surface area contributed by atoms with Crippen molar-refractivity contribution >= 4 is 11.9 Å². The number of carboxylic acids is 1. The molecule has 2 aliphatic carbocycles. The standard InChI is InChI=1S/C10H15NO3/c12-9(13)6-11(5-7-1-2-7)10(14)8-3-4-8/h7-8H,1-6H2,(H,12,13). The Kier molecular flexibility index (Phi) is 2.44. The largest absolute Gasteiger partial charge is 0.480 e. The molecule has 0 unspecified atom stereocenters. The van der Waals surface area contributed by atoms with Crippen LogP contribution in [0.2, 0.25) is 0 Å². The molecule has 0 bridgehead atoms. The molecule has 4 heteroatoms. The van der Waals surface area contributed by atoms with Crippen LogP contribution >= 0.6 is 0 Å². The van der Waals surface area contributed by atoms with E-state index in [2.05, 4.69) is 0 Å². The first-order valence-electron chi connectivity index (χ1n) is 5.17. The molecule has 0 aromatic heterocycles. The average Bonchev–Trinajstić information content (AvgIpc) is 2.96. The van der Waals surface area contributed by atoms with Gasteiger partial charge in [-0.25, -0.2) is 0 Å². The molecule has 0 heterocycles. The summed E-state index contributed by atoms with van der Waals surface area (Å²) in [6, 6.07) is 0. The van der Waals surface area contributed by atoms with Crippen molar-refractivity contribution in [3.05, 3.63) is 0 Å². The van der Waals surface area contributed by atoms with Crippen molar-refractivity contribution in [2.24, 2.45) is 11.8 Å². The molecular weight excluding hydrogens is 182 g/mol. The van der Waals surface area contributed by atoms with Crippen molar-refractivity contribution in [1.82, 2.24) is 4.90 Å². The summed E-state index contributed by atoms with van der Waals surface area (Å²) in [5.41, 5.74) is 0. The molecule has 2 rings (SSSR count). The Hall–Kier alpha value is -1.06. The van der Waals surface area contributed by atoms with Gasteiger partial charge in [-0.3, -0.25) is 9.59 Å². The second-order valence-corrected chi connectivity index (χ2v) is 4.33. The maximum atomic E-state index is 11.7. The molecule has 2 fully saturated rings. The molecule has 4 nitrogen and oxygen atoms in total. The molecule has 0 saturated heterocycles. The molecule has 0 radical (unpaired) electrons. The fourth-order valence-electron chi connectivity index (χ4n) is 1.60. The second kappa shape index (κ2) is 3.59. The van der Waals surface area contributed by atoms with Crippen molar-refractivity contribution in [1.29, 1.82) is 0 Å². The zero-order chi connectivity index (χ0) is 10.1. The third-order valence-electron chi connectivity index (χ3n) is 2.74. The predicted octanol–water partition coefficient (Wildman–Crippen LogP) is 0.720. The lowest BCUT2D eigenvalue weighted by Crippen LogP contribution is -2.38. The van der Waals surface area contributed by atoms with Crippen LogP contribution in [0, 0.1) is 11.8 Å². The number of aliphatic carboxylic acids is 1. The number of hydrogen-bond donors (Lipinski definition) is 1. The normalized spacial score (nSPS) is 20.6. The number of carboxylic acid groups (broad SMARTS) is 1. The van der Waals surface area contributed by atoms with Gasteiger partial charge in [0.25, 0.3) is 0 Å². The first-order chi connectivity index (χ1) is 6.66. The highest BCUT2D eigenvalue weighted by Gasteiger charge is 2.36. The SMILES string of the molecule is O=C(O)CN(CC1CC1)C(=O)C1CC1. The van der Waals surface area contributed by atoms with Crippen LogP contribution in [0.15, 0.2) is 0 Å². The molecule has 78 valence electrons. The van der Waals surface area contributed by atoms with Crippen molar-refractivity contribution in [3.8, 4) is 0 Å². The van der Waals surface area contributed by atoms with Gasteiger partial charge in [-0.1, -0.05) is 0 Å². The van der Waals surface area contributed by atoms with Crippen LogP contribution in [0.4, 0.5) is 0 Å². The molecule has 2 aliphatic rings. The Bertz CT molecular complexity index is 256. The van der Waals surface area contributed by atoms with E-state index >= 15 is 0 Å². The minimum atomic E-state index is -0.903. The summed E-state index contributed by atoms with van der Waals surface area (Å²) in [4.78, 5) is 23.8. The van der Waals surface area contributed by atoms with Gasteiger partial charge in [0.1, 0.15) is 6.54 Å². The summed E-state index contributed by atoms with van der Waals surface area (Å²) in [6.07, 6.45) is 4.18. The number of amides is 1. The Balaban J connectivity index is 1.88. The highest BCUT2D eigenvalue weighted by Crippen LogP contribution is 2.34. The number of carbonyl (C=O) groups is 2. The fourth-order valence-corrected chi connectivity index (χ4v) is 1.60. The van der Waals surface area contributed by atoms with E-state index in [9.17, 15) is 9.59 Å². The number of rotatable bonds is 5. The monoisotopic (exact) mass is 197 g/mol. The maximum Gasteiger partial charge on any atom is 0.323 e. The summed E-state index contributed by atoms with van der Waals surface area (Å²) < 4.78 is 0. The molecule has 0 aromatic carbocycles.